The van der Waals surface area contributed by atoms with Gasteiger partial charge < -0.3 is 19.3 Å². The molecule has 0 atom stereocenters. The largest absolute Gasteiger partial charge is 0.484 e. The van der Waals surface area contributed by atoms with Crippen molar-refractivity contribution in [2.75, 3.05) is 13.1 Å². The van der Waals surface area contributed by atoms with Gasteiger partial charge in [-0.15, -0.1) is 0 Å². The number of amides is 2. The first kappa shape index (κ1) is 28.3. The summed E-state index contributed by atoms with van der Waals surface area (Å²) in [7, 11) is 1.72. The Hall–Kier alpha value is -4.87. The minimum atomic E-state index is -0.915. The Morgan fingerprint density at radius 1 is 1.07 bits per heavy atom. The number of benzene rings is 2. The van der Waals surface area contributed by atoms with Crippen molar-refractivity contribution in [2.24, 2.45) is 7.05 Å². The average Bonchev–Trinajstić information content (AvgIpc) is 3.46. The zero-order chi connectivity index (χ0) is 30.6. The Labute approximate surface area is 245 Å². The Kier molecular flexibility index (Phi) is 6.86. The van der Waals surface area contributed by atoms with Gasteiger partial charge in [0.1, 0.15) is 34.6 Å². The van der Waals surface area contributed by atoms with Crippen LogP contribution in [0.2, 0.25) is 0 Å². The Morgan fingerprint density at radius 3 is 2.47 bits per heavy atom. The molecule has 2 amide bonds. The molecule has 1 fully saturated rings. The topological polar surface area (TPSA) is 107 Å². The third-order valence-corrected chi connectivity index (χ3v) is 7.31. The van der Waals surface area contributed by atoms with Crippen molar-refractivity contribution in [3.63, 3.8) is 0 Å². The highest BCUT2D eigenvalue weighted by atomic mass is 19.1. The molecule has 0 saturated carbocycles. The summed E-state index contributed by atoms with van der Waals surface area (Å²) in [6.07, 6.45) is 2.94. The number of likely N-dealkylation sites (tertiary alicyclic amines) is 1. The molecule has 1 saturated heterocycles. The average molecular weight is 590 g/mol. The Balaban J connectivity index is 1.19. The molecule has 222 valence electrons. The summed E-state index contributed by atoms with van der Waals surface area (Å²) in [5.41, 5.74) is 1.37. The Morgan fingerprint density at radius 2 is 1.79 bits per heavy atom. The van der Waals surface area contributed by atoms with Crippen molar-refractivity contribution in [1.29, 1.82) is 0 Å². The first-order chi connectivity index (χ1) is 20.4. The summed E-state index contributed by atoms with van der Waals surface area (Å²) in [5, 5.41) is 5.11. The maximum Gasteiger partial charge on any atom is 0.397 e. The van der Waals surface area contributed by atoms with E-state index in [0.717, 1.165) is 0 Å². The number of halogens is 2. The second-order valence-electron chi connectivity index (χ2n) is 11.7. The van der Waals surface area contributed by atoms with Gasteiger partial charge in [0.15, 0.2) is 0 Å². The van der Waals surface area contributed by atoms with E-state index in [9.17, 15) is 14.4 Å². The molecule has 2 aliphatic heterocycles. The molecule has 43 heavy (non-hydrogen) atoms. The van der Waals surface area contributed by atoms with E-state index in [1.165, 1.54) is 21.9 Å². The summed E-state index contributed by atoms with van der Waals surface area (Å²) in [4.78, 5) is 44.1. The number of fused-ring (bicyclic) bond motifs is 2. The number of nitrogens with zero attached hydrogens (tertiary/aromatic N) is 5. The number of hydrogen-bond acceptors (Lipinski definition) is 7. The molecule has 0 bridgehead atoms. The number of aryl methyl sites for hydroxylation is 1. The van der Waals surface area contributed by atoms with E-state index in [0.29, 0.717) is 39.0 Å². The zero-order valence-electron chi connectivity index (χ0n) is 24.1. The fourth-order valence-electron chi connectivity index (χ4n) is 5.26. The van der Waals surface area contributed by atoms with Gasteiger partial charge >= 0.3 is 11.9 Å². The molecule has 2 aromatic heterocycles. The third kappa shape index (κ3) is 5.40. The molecule has 4 aromatic rings. The lowest BCUT2D eigenvalue weighted by Crippen LogP contribution is -2.58. The number of aromatic nitrogens is 3. The monoisotopic (exact) mass is 589 g/mol. The number of pyridine rings is 1. The SMILES string of the molecule is Cn1cc2c(-c3cc(F)c(CN4Cc5ncccc5C4=O)c(F)c3)ccc(OC3CN(C(=O)C(=O)OC(C)(C)C)C3)c2n1. The van der Waals surface area contributed by atoms with Crippen molar-refractivity contribution < 1.29 is 32.6 Å². The van der Waals surface area contributed by atoms with Crippen LogP contribution in [0.3, 0.4) is 0 Å². The zero-order valence-corrected chi connectivity index (χ0v) is 24.1. The highest BCUT2D eigenvalue weighted by Crippen LogP contribution is 2.36. The molecule has 10 nitrogen and oxygen atoms in total. The van der Waals surface area contributed by atoms with E-state index in [1.54, 1.807) is 69.2 Å². The molecule has 0 spiro atoms. The lowest BCUT2D eigenvalue weighted by atomic mass is 9.99. The number of hydrogen-bond donors (Lipinski definition) is 0. The van der Waals surface area contributed by atoms with Gasteiger partial charge in [0.05, 0.1) is 37.4 Å². The first-order valence-electron chi connectivity index (χ1n) is 13.7. The minimum absolute atomic E-state index is 0.182. The second-order valence-corrected chi connectivity index (χ2v) is 11.7. The van der Waals surface area contributed by atoms with Crippen LogP contribution in [0.25, 0.3) is 22.0 Å². The van der Waals surface area contributed by atoms with E-state index in [1.807, 2.05) is 0 Å². The van der Waals surface area contributed by atoms with E-state index in [4.69, 9.17) is 9.47 Å². The molecule has 0 unspecified atom stereocenters. The van der Waals surface area contributed by atoms with Crippen LogP contribution in [-0.4, -0.2) is 67.1 Å². The van der Waals surface area contributed by atoms with Crippen LogP contribution >= 0.6 is 0 Å². The normalized spacial score (nSPS) is 15.1. The molecular weight excluding hydrogens is 560 g/mol. The summed E-state index contributed by atoms with van der Waals surface area (Å²) < 4.78 is 43.5. The summed E-state index contributed by atoms with van der Waals surface area (Å²) in [6, 6.07) is 9.16. The number of rotatable bonds is 5. The smallest absolute Gasteiger partial charge is 0.397 e. The fourth-order valence-corrected chi connectivity index (χ4v) is 5.26. The number of carbonyl (C=O) groups excluding carboxylic acids is 3. The van der Waals surface area contributed by atoms with Gasteiger partial charge in [-0.3, -0.25) is 19.3 Å². The van der Waals surface area contributed by atoms with Crippen LogP contribution in [0.15, 0.2) is 48.8 Å². The summed E-state index contributed by atoms with van der Waals surface area (Å²) in [6.45, 7) is 5.42. The van der Waals surface area contributed by atoms with Crippen LogP contribution in [0, 0.1) is 11.6 Å². The van der Waals surface area contributed by atoms with Gasteiger partial charge in [0.25, 0.3) is 5.91 Å². The molecule has 2 aliphatic rings. The van der Waals surface area contributed by atoms with Crippen molar-refractivity contribution >= 4 is 28.7 Å². The van der Waals surface area contributed by atoms with Crippen LogP contribution in [0.5, 0.6) is 5.75 Å². The maximum absolute atomic E-state index is 15.4. The van der Waals surface area contributed by atoms with Crippen LogP contribution in [0.4, 0.5) is 8.78 Å². The summed E-state index contributed by atoms with van der Waals surface area (Å²) in [5.74, 6) is -3.06. The number of ether oxygens (including phenoxy) is 2. The van der Waals surface area contributed by atoms with Crippen molar-refractivity contribution in [1.82, 2.24) is 24.6 Å². The van der Waals surface area contributed by atoms with Crippen LogP contribution in [-0.2, 0) is 34.5 Å². The van der Waals surface area contributed by atoms with Gasteiger partial charge in [-0.2, -0.15) is 5.10 Å². The molecule has 2 aromatic carbocycles. The van der Waals surface area contributed by atoms with Gasteiger partial charge in [-0.1, -0.05) is 0 Å². The van der Waals surface area contributed by atoms with Gasteiger partial charge in [-0.05, 0) is 68.3 Å². The predicted octanol–water partition coefficient (Wildman–Crippen LogP) is 4.00. The van der Waals surface area contributed by atoms with Crippen LogP contribution in [0.1, 0.15) is 42.4 Å². The molecule has 4 heterocycles. The van der Waals surface area contributed by atoms with Crippen molar-refractivity contribution in [2.45, 2.75) is 45.6 Å². The van der Waals surface area contributed by atoms with Crippen molar-refractivity contribution in [3.8, 4) is 16.9 Å². The first-order valence-corrected chi connectivity index (χ1v) is 13.7. The van der Waals surface area contributed by atoms with E-state index in [-0.39, 0.29) is 43.8 Å². The van der Waals surface area contributed by atoms with Crippen molar-refractivity contribution in [3.05, 3.63) is 77.2 Å². The fraction of sp³-hybridized carbons (Fsp3) is 0.323. The standard InChI is InChI=1S/C31H29F2N5O5/c1-31(2,3)43-30(41)29(40)37-12-18(13-37)42-26-8-7-19(21-14-36(4)35-27(21)26)17-10-23(32)22(24(33)11-17)15-38-16-25-20(28(38)39)6-5-9-34-25/h5-11,14,18H,12-13,15-16H2,1-4H3. The molecule has 0 aliphatic carbocycles. The van der Waals surface area contributed by atoms with E-state index >= 15 is 8.78 Å². The molecular formula is C31H29F2N5O5. The van der Waals surface area contributed by atoms with E-state index < -0.39 is 29.1 Å². The third-order valence-electron chi connectivity index (χ3n) is 7.31. The van der Waals surface area contributed by atoms with Gasteiger partial charge in [0.2, 0.25) is 0 Å². The minimum Gasteiger partial charge on any atom is -0.484 e. The lowest BCUT2D eigenvalue weighted by molar-refractivity contribution is -0.171. The molecule has 6 rings (SSSR count). The molecule has 12 heteroatoms. The second kappa shape index (κ2) is 10.4. The highest BCUT2D eigenvalue weighted by molar-refractivity contribution is 6.32. The quantitative estimate of drug-likeness (QED) is 0.256. The molecule has 0 radical (unpaired) electrons. The summed E-state index contributed by atoms with van der Waals surface area (Å²) >= 11 is 0. The van der Waals surface area contributed by atoms with Crippen LogP contribution < -0.4 is 4.74 Å². The van der Waals surface area contributed by atoms with Gasteiger partial charge in [0, 0.05) is 30.4 Å². The molecule has 0 N–H and O–H groups in total. The van der Waals surface area contributed by atoms with Gasteiger partial charge in [-0.25, -0.2) is 13.6 Å². The highest BCUT2D eigenvalue weighted by Gasteiger charge is 2.38. The number of carbonyl (C=O) groups is 3. The predicted molar refractivity (Wildman–Crippen MR) is 151 cm³/mol. The lowest BCUT2D eigenvalue weighted by Gasteiger charge is -2.38. The number of esters is 1. The maximum atomic E-state index is 15.4. The van der Waals surface area contributed by atoms with E-state index in [2.05, 4.69) is 10.1 Å². The Bertz CT molecular complexity index is 1770.